The molecule has 1 saturated heterocycles. The van der Waals surface area contributed by atoms with Gasteiger partial charge in [0.05, 0.1) is 0 Å². The normalized spacial score (nSPS) is 15.2. The van der Waals surface area contributed by atoms with E-state index in [9.17, 15) is 4.79 Å². The van der Waals surface area contributed by atoms with Crippen molar-refractivity contribution in [3.05, 3.63) is 47.2 Å². The van der Waals surface area contributed by atoms with Gasteiger partial charge >= 0.3 is 0 Å². The first kappa shape index (κ1) is 21.2. The van der Waals surface area contributed by atoms with E-state index in [-0.39, 0.29) is 5.91 Å². The monoisotopic (exact) mass is 395 g/mol. The van der Waals surface area contributed by atoms with Crippen molar-refractivity contribution in [3.63, 3.8) is 0 Å². The zero-order valence-corrected chi connectivity index (χ0v) is 18.3. The highest BCUT2D eigenvalue weighted by Gasteiger charge is 2.22. The van der Waals surface area contributed by atoms with Gasteiger partial charge in [-0.3, -0.25) is 4.79 Å². The van der Waals surface area contributed by atoms with E-state index < -0.39 is 0 Å². The van der Waals surface area contributed by atoms with E-state index in [2.05, 4.69) is 73.2 Å². The van der Waals surface area contributed by atoms with Gasteiger partial charge in [0.1, 0.15) is 0 Å². The number of hydrogen-bond donors (Lipinski definition) is 1. The van der Waals surface area contributed by atoms with E-state index in [4.69, 9.17) is 0 Å². The topological polar surface area (TPSA) is 61.4 Å². The number of piperazine rings is 1. The molecule has 0 aliphatic carbocycles. The Bertz CT molecular complexity index is 797. The van der Waals surface area contributed by atoms with Crippen LogP contribution in [-0.4, -0.2) is 58.6 Å². The summed E-state index contributed by atoms with van der Waals surface area (Å²) in [5.74, 6) is 1.41. The van der Waals surface area contributed by atoms with Crippen molar-refractivity contribution in [1.82, 2.24) is 20.0 Å². The lowest BCUT2D eigenvalue weighted by molar-refractivity contribution is 0.0636. The molecule has 0 unspecified atom stereocenters. The molecule has 2 aromatic rings. The summed E-state index contributed by atoms with van der Waals surface area (Å²) in [6.45, 7) is 15.3. The Balaban J connectivity index is 1.76. The molecular weight excluding hydrogens is 362 g/mol. The van der Waals surface area contributed by atoms with Crippen LogP contribution < -0.4 is 5.32 Å². The van der Waals surface area contributed by atoms with Gasteiger partial charge < -0.3 is 15.1 Å². The van der Waals surface area contributed by atoms with Gasteiger partial charge in [0.25, 0.3) is 5.91 Å². The molecular formula is C23H33N5O. The molecule has 1 aliphatic rings. The van der Waals surface area contributed by atoms with E-state index in [0.717, 1.165) is 38.4 Å². The van der Waals surface area contributed by atoms with E-state index in [1.165, 1.54) is 11.1 Å². The third-order valence-corrected chi connectivity index (χ3v) is 5.62. The van der Waals surface area contributed by atoms with E-state index in [1.54, 1.807) is 6.07 Å². The van der Waals surface area contributed by atoms with Crippen molar-refractivity contribution >= 4 is 17.4 Å². The smallest absolute Gasteiger partial charge is 0.274 e. The maximum Gasteiger partial charge on any atom is 0.274 e. The third kappa shape index (κ3) is 4.93. The minimum Gasteiger partial charge on any atom is -0.338 e. The number of carbonyl (C=O) groups excluding carboxylic acids is 1. The maximum atomic E-state index is 12.7. The summed E-state index contributed by atoms with van der Waals surface area (Å²) >= 11 is 0. The summed E-state index contributed by atoms with van der Waals surface area (Å²) < 4.78 is 0. The molecule has 29 heavy (non-hydrogen) atoms. The third-order valence-electron chi connectivity index (χ3n) is 5.62. The number of para-hydroxylation sites is 1. The average Bonchev–Trinajstić information content (AvgIpc) is 2.73. The summed E-state index contributed by atoms with van der Waals surface area (Å²) in [5.41, 5.74) is 4.02. The highest BCUT2D eigenvalue weighted by atomic mass is 16.2. The Morgan fingerprint density at radius 1 is 0.966 bits per heavy atom. The Morgan fingerprint density at radius 2 is 1.59 bits per heavy atom. The van der Waals surface area contributed by atoms with Gasteiger partial charge in [0, 0.05) is 31.9 Å². The van der Waals surface area contributed by atoms with Crippen LogP contribution >= 0.6 is 0 Å². The van der Waals surface area contributed by atoms with Crippen LogP contribution in [0.25, 0.3) is 0 Å². The number of hydrogen-bond acceptors (Lipinski definition) is 5. The predicted octanol–water partition coefficient (Wildman–Crippen LogP) is 4.24. The fourth-order valence-corrected chi connectivity index (χ4v) is 3.77. The van der Waals surface area contributed by atoms with Crippen LogP contribution in [0.1, 0.15) is 68.1 Å². The largest absolute Gasteiger partial charge is 0.338 e. The Hall–Kier alpha value is -2.47. The van der Waals surface area contributed by atoms with Crippen molar-refractivity contribution in [3.8, 4) is 0 Å². The van der Waals surface area contributed by atoms with Gasteiger partial charge in [-0.05, 0) is 41.6 Å². The van der Waals surface area contributed by atoms with Crippen molar-refractivity contribution < 1.29 is 4.79 Å². The van der Waals surface area contributed by atoms with Gasteiger partial charge in [-0.1, -0.05) is 52.8 Å². The zero-order valence-electron chi connectivity index (χ0n) is 18.3. The van der Waals surface area contributed by atoms with Crippen LogP contribution in [-0.2, 0) is 0 Å². The second kappa shape index (κ2) is 9.35. The standard InChI is InChI=1S/C23H33N5O/c1-6-27-12-14-28(15-13-27)23(29)20-10-11-21(26-25-20)24-22-18(16(2)3)8-7-9-19(22)17(4)5/h7-11,16-17H,6,12-15H2,1-5H3,(H,24,26). The minimum absolute atomic E-state index is 0.0368. The first-order valence-electron chi connectivity index (χ1n) is 10.7. The first-order chi connectivity index (χ1) is 13.9. The number of carbonyl (C=O) groups is 1. The van der Waals surface area contributed by atoms with Crippen LogP contribution in [0, 0.1) is 0 Å². The van der Waals surface area contributed by atoms with Crippen molar-refractivity contribution in [2.24, 2.45) is 0 Å². The first-order valence-corrected chi connectivity index (χ1v) is 10.7. The molecule has 0 bridgehead atoms. The molecule has 0 spiro atoms. The molecule has 0 radical (unpaired) electrons. The number of nitrogens with zero attached hydrogens (tertiary/aromatic N) is 4. The number of rotatable bonds is 6. The summed E-state index contributed by atoms with van der Waals surface area (Å²) in [6, 6.07) is 10.0. The molecule has 0 atom stereocenters. The molecule has 1 fully saturated rings. The molecule has 156 valence electrons. The Kier molecular flexibility index (Phi) is 6.85. The molecule has 1 N–H and O–H groups in total. The number of anilines is 2. The van der Waals surface area contributed by atoms with Crippen LogP contribution in [0.5, 0.6) is 0 Å². The Labute approximate surface area is 174 Å². The van der Waals surface area contributed by atoms with E-state index >= 15 is 0 Å². The second-order valence-corrected chi connectivity index (χ2v) is 8.28. The lowest BCUT2D eigenvalue weighted by Gasteiger charge is -2.33. The average molecular weight is 396 g/mol. The van der Waals surface area contributed by atoms with Gasteiger partial charge in [-0.25, -0.2) is 0 Å². The lowest BCUT2D eigenvalue weighted by atomic mass is 9.92. The van der Waals surface area contributed by atoms with E-state index in [1.807, 2.05) is 11.0 Å². The zero-order chi connectivity index (χ0) is 21.0. The maximum absolute atomic E-state index is 12.7. The lowest BCUT2D eigenvalue weighted by Crippen LogP contribution is -2.48. The molecule has 1 amide bonds. The van der Waals surface area contributed by atoms with Gasteiger partial charge in [0.2, 0.25) is 0 Å². The van der Waals surface area contributed by atoms with Crippen molar-refractivity contribution in [2.75, 3.05) is 38.0 Å². The second-order valence-electron chi connectivity index (χ2n) is 8.28. The molecule has 1 aromatic carbocycles. The Morgan fingerprint density at radius 3 is 2.07 bits per heavy atom. The quantitative estimate of drug-likeness (QED) is 0.792. The minimum atomic E-state index is -0.0368. The molecule has 1 aliphatic heterocycles. The highest BCUT2D eigenvalue weighted by Crippen LogP contribution is 2.34. The van der Waals surface area contributed by atoms with Crippen LogP contribution in [0.2, 0.25) is 0 Å². The molecule has 2 heterocycles. The predicted molar refractivity (Wildman–Crippen MR) is 118 cm³/mol. The number of likely N-dealkylation sites (N-methyl/N-ethyl adjacent to an activating group) is 1. The van der Waals surface area contributed by atoms with Crippen LogP contribution in [0.4, 0.5) is 11.5 Å². The van der Waals surface area contributed by atoms with Crippen molar-refractivity contribution in [1.29, 1.82) is 0 Å². The van der Waals surface area contributed by atoms with Crippen molar-refractivity contribution in [2.45, 2.75) is 46.5 Å². The SMILES string of the molecule is CCN1CCN(C(=O)c2ccc(Nc3c(C(C)C)cccc3C(C)C)nn2)CC1. The molecule has 6 heteroatoms. The summed E-state index contributed by atoms with van der Waals surface area (Å²) in [5, 5.41) is 12.0. The number of aromatic nitrogens is 2. The van der Waals surface area contributed by atoms with Gasteiger partial charge in [-0.15, -0.1) is 10.2 Å². The van der Waals surface area contributed by atoms with Gasteiger partial charge in [0.15, 0.2) is 11.5 Å². The summed E-state index contributed by atoms with van der Waals surface area (Å²) in [6.07, 6.45) is 0. The van der Waals surface area contributed by atoms with E-state index in [0.29, 0.717) is 23.3 Å². The highest BCUT2D eigenvalue weighted by molar-refractivity contribution is 5.92. The molecule has 0 saturated carbocycles. The molecule has 3 rings (SSSR count). The number of benzene rings is 1. The fraction of sp³-hybridized carbons (Fsp3) is 0.522. The summed E-state index contributed by atoms with van der Waals surface area (Å²) in [4.78, 5) is 17.0. The summed E-state index contributed by atoms with van der Waals surface area (Å²) in [7, 11) is 0. The van der Waals surface area contributed by atoms with Crippen LogP contribution in [0.3, 0.4) is 0 Å². The fourth-order valence-electron chi connectivity index (χ4n) is 3.77. The van der Waals surface area contributed by atoms with Crippen LogP contribution in [0.15, 0.2) is 30.3 Å². The molecule has 1 aromatic heterocycles. The molecule has 6 nitrogen and oxygen atoms in total. The number of amides is 1. The number of nitrogens with one attached hydrogen (secondary N) is 1. The van der Waals surface area contributed by atoms with Gasteiger partial charge in [-0.2, -0.15) is 0 Å².